The summed E-state index contributed by atoms with van der Waals surface area (Å²) in [6, 6.07) is 1.23. The lowest BCUT2D eigenvalue weighted by atomic mass is 10.1. The lowest BCUT2D eigenvalue weighted by Crippen LogP contribution is -2.44. The highest BCUT2D eigenvalue weighted by molar-refractivity contribution is 8.00. The molecule has 208 valence electrons. The first-order chi connectivity index (χ1) is 18.4. The topological polar surface area (TPSA) is 134 Å². The highest BCUT2D eigenvalue weighted by Crippen LogP contribution is 2.46. The van der Waals surface area contributed by atoms with Crippen LogP contribution in [0.2, 0.25) is 0 Å². The van der Waals surface area contributed by atoms with E-state index in [1.807, 2.05) is 0 Å². The van der Waals surface area contributed by atoms with Crippen molar-refractivity contribution in [3.63, 3.8) is 0 Å². The number of rotatable bonds is 8. The van der Waals surface area contributed by atoms with Crippen molar-refractivity contribution in [2.75, 3.05) is 6.61 Å². The van der Waals surface area contributed by atoms with Gasteiger partial charge in [-0.25, -0.2) is 4.79 Å². The van der Waals surface area contributed by atoms with Gasteiger partial charge >= 0.3 is 23.6 Å². The fraction of sp³-hybridized carbons (Fsp3) is 0.741. The molecular formula is C27H36N2O8S. The van der Waals surface area contributed by atoms with Gasteiger partial charge in [0.2, 0.25) is 0 Å². The highest BCUT2D eigenvalue weighted by Gasteiger charge is 2.52. The Morgan fingerprint density at radius 3 is 1.82 bits per heavy atom. The number of thioether (sulfide) groups is 1. The van der Waals surface area contributed by atoms with Gasteiger partial charge in [0.25, 0.3) is 5.56 Å². The minimum Gasteiger partial charge on any atom is -0.464 e. The van der Waals surface area contributed by atoms with Crippen molar-refractivity contribution in [3.8, 4) is 0 Å². The summed E-state index contributed by atoms with van der Waals surface area (Å²) >= 11 is 1.26. The normalized spacial score (nSPS) is 28.5. The molecule has 1 N–H and O–H groups in total. The third-order valence-electron chi connectivity index (χ3n) is 8.37. The highest BCUT2D eigenvalue weighted by atomic mass is 32.2. The first-order valence-electron chi connectivity index (χ1n) is 14.0. The van der Waals surface area contributed by atoms with E-state index in [-0.39, 0.29) is 42.3 Å². The number of aromatic nitrogens is 2. The second-order valence-corrected chi connectivity index (χ2v) is 12.3. The summed E-state index contributed by atoms with van der Waals surface area (Å²) in [5.41, 5.74) is -1.19. The van der Waals surface area contributed by atoms with E-state index >= 15 is 0 Å². The molecular weight excluding hydrogens is 512 g/mol. The Morgan fingerprint density at radius 2 is 1.29 bits per heavy atom. The molecule has 11 heteroatoms. The number of nitrogens with zero attached hydrogens (tertiary/aromatic N) is 1. The smallest absolute Gasteiger partial charge is 0.329 e. The van der Waals surface area contributed by atoms with E-state index in [2.05, 4.69) is 4.98 Å². The van der Waals surface area contributed by atoms with Crippen LogP contribution >= 0.6 is 11.8 Å². The number of H-pyrrole nitrogens is 1. The molecule has 4 atom stereocenters. The van der Waals surface area contributed by atoms with Crippen LogP contribution in [0, 0.1) is 17.8 Å². The quantitative estimate of drug-likeness (QED) is 0.384. The average molecular weight is 549 g/mol. The second-order valence-electron chi connectivity index (χ2n) is 11.0. The maximum Gasteiger partial charge on any atom is 0.329 e. The van der Waals surface area contributed by atoms with Crippen molar-refractivity contribution in [3.05, 3.63) is 33.1 Å². The van der Waals surface area contributed by atoms with Gasteiger partial charge in [0.05, 0.1) is 23.0 Å². The fourth-order valence-electron chi connectivity index (χ4n) is 6.19. The first-order valence-corrected chi connectivity index (χ1v) is 14.9. The van der Waals surface area contributed by atoms with E-state index in [0.29, 0.717) is 0 Å². The predicted octanol–water partition coefficient (Wildman–Crippen LogP) is 3.09. The van der Waals surface area contributed by atoms with Crippen molar-refractivity contribution < 1.29 is 28.6 Å². The number of nitrogens with one attached hydrogen (secondary N) is 1. The van der Waals surface area contributed by atoms with E-state index in [9.17, 15) is 24.0 Å². The van der Waals surface area contributed by atoms with E-state index in [0.717, 1.165) is 77.0 Å². The van der Waals surface area contributed by atoms with Gasteiger partial charge in [-0.2, -0.15) is 0 Å². The molecule has 3 aliphatic carbocycles. The second kappa shape index (κ2) is 12.1. The zero-order valence-electron chi connectivity index (χ0n) is 21.5. The number of hydrogen-bond donors (Lipinski definition) is 1. The number of carbonyl (C=O) groups is 3. The number of aromatic amines is 1. The Labute approximate surface area is 225 Å². The van der Waals surface area contributed by atoms with E-state index in [4.69, 9.17) is 14.2 Å². The van der Waals surface area contributed by atoms with Crippen LogP contribution in [0.3, 0.4) is 0 Å². The Balaban J connectivity index is 1.42. The zero-order valence-corrected chi connectivity index (χ0v) is 22.3. The number of ether oxygens (including phenoxy) is 3. The van der Waals surface area contributed by atoms with Gasteiger partial charge in [-0.15, -0.1) is 11.8 Å². The maximum absolute atomic E-state index is 13.1. The largest absolute Gasteiger partial charge is 0.464 e. The van der Waals surface area contributed by atoms with Crippen LogP contribution in [0.15, 0.2) is 21.9 Å². The van der Waals surface area contributed by atoms with Crippen LogP contribution in [0.5, 0.6) is 0 Å². The van der Waals surface area contributed by atoms with Crippen LogP contribution in [-0.2, 0) is 28.6 Å². The molecule has 2 heterocycles. The molecule has 1 aromatic rings. The van der Waals surface area contributed by atoms with Crippen molar-refractivity contribution >= 4 is 29.7 Å². The molecule has 38 heavy (non-hydrogen) atoms. The molecule has 0 radical (unpaired) electrons. The monoisotopic (exact) mass is 548 g/mol. The summed E-state index contributed by atoms with van der Waals surface area (Å²) in [6.07, 6.45) is 9.83. The summed E-state index contributed by atoms with van der Waals surface area (Å²) in [7, 11) is 0. The third-order valence-corrected chi connectivity index (χ3v) is 9.90. The molecule has 0 spiro atoms. The zero-order chi connectivity index (χ0) is 26.6. The minimum atomic E-state index is -0.975. The maximum atomic E-state index is 13.1. The average Bonchev–Trinajstić information content (AvgIpc) is 3.72. The molecule has 0 aromatic carbocycles. The Kier molecular flexibility index (Phi) is 8.60. The number of esters is 3. The molecule has 2 unspecified atom stereocenters. The van der Waals surface area contributed by atoms with Gasteiger partial charge in [-0.3, -0.25) is 28.7 Å². The molecule has 10 nitrogen and oxygen atoms in total. The van der Waals surface area contributed by atoms with Crippen LogP contribution in [0.4, 0.5) is 0 Å². The van der Waals surface area contributed by atoms with Gasteiger partial charge in [0.15, 0.2) is 12.2 Å². The lowest BCUT2D eigenvalue weighted by Gasteiger charge is -2.28. The SMILES string of the molecule is O=C(OC[C@H]1S[C@@H](n2ccc(=O)[nH]c2=O)C(OC(=O)C2CCCC2)C1OC(=O)C1CCCC1)C1CCCC1. The Morgan fingerprint density at radius 1 is 0.789 bits per heavy atom. The van der Waals surface area contributed by atoms with Gasteiger partial charge in [0, 0.05) is 12.3 Å². The summed E-state index contributed by atoms with van der Waals surface area (Å²) in [6.45, 7) is -0.0330. The van der Waals surface area contributed by atoms with Crippen molar-refractivity contribution in [1.82, 2.24) is 9.55 Å². The predicted molar refractivity (Wildman–Crippen MR) is 138 cm³/mol. The number of hydrogen-bond acceptors (Lipinski definition) is 9. The van der Waals surface area contributed by atoms with Crippen LogP contribution in [0.1, 0.15) is 82.4 Å². The van der Waals surface area contributed by atoms with E-state index in [1.54, 1.807) is 0 Å². The van der Waals surface area contributed by atoms with Gasteiger partial charge in [-0.05, 0) is 38.5 Å². The molecule has 5 rings (SSSR count). The van der Waals surface area contributed by atoms with Gasteiger partial charge in [-0.1, -0.05) is 38.5 Å². The van der Waals surface area contributed by atoms with Crippen molar-refractivity contribution in [2.24, 2.45) is 17.8 Å². The van der Waals surface area contributed by atoms with Gasteiger partial charge in [0.1, 0.15) is 12.0 Å². The molecule has 0 bridgehead atoms. The Bertz CT molecular complexity index is 1130. The minimum absolute atomic E-state index is 0.0330. The summed E-state index contributed by atoms with van der Waals surface area (Å²) < 4.78 is 19.1. The summed E-state index contributed by atoms with van der Waals surface area (Å²) in [5, 5.41) is -1.31. The molecule has 1 saturated heterocycles. The summed E-state index contributed by atoms with van der Waals surface area (Å²) in [4.78, 5) is 65.7. The van der Waals surface area contributed by atoms with Crippen molar-refractivity contribution in [2.45, 2.75) is 99.9 Å². The lowest BCUT2D eigenvalue weighted by molar-refractivity contribution is -0.174. The Hall–Kier alpha value is -2.56. The third kappa shape index (κ3) is 6.02. The first kappa shape index (κ1) is 27.0. The fourth-order valence-corrected chi connectivity index (χ4v) is 7.72. The molecule has 0 amide bonds. The van der Waals surface area contributed by atoms with E-state index in [1.165, 1.54) is 28.6 Å². The molecule has 1 aromatic heterocycles. The standard InChI is InChI=1S/C27H36N2O8S/c30-20-13-14-29(27(34)28-20)23-22(37-26(33)18-11-5-6-12-18)21(36-25(32)17-9-3-4-10-17)19(38-23)15-35-24(31)16-7-1-2-8-16/h13-14,16-19,21-23H,1-12,15H2,(H,28,30,34)/t19-,21?,22?,23-/m1/s1. The van der Waals surface area contributed by atoms with Crippen LogP contribution in [0.25, 0.3) is 0 Å². The van der Waals surface area contributed by atoms with Crippen LogP contribution < -0.4 is 11.2 Å². The van der Waals surface area contributed by atoms with Gasteiger partial charge < -0.3 is 14.2 Å². The molecule has 3 saturated carbocycles. The van der Waals surface area contributed by atoms with E-state index < -0.39 is 34.1 Å². The summed E-state index contributed by atoms with van der Waals surface area (Å²) in [5.74, 6) is -1.58. The molecule has 1 aliphatic heterocycles. The van der Waals surface area contributed by atoms with Crippen LogP contribution in [-0.4, -0.2) is 51.5 Å². The van der Waals surface area contributed by atoms with Crippen molar-refractivity contribution in [1.29, 1.82) is 0 Å². The molecule has 4 aliphatic rings. The molecule has 4 fully saturated rings. The number of carbonyl (C=O) groups excluding carboxylic acids is 3.